The van der Waals surface area contributed by atoms with Crippen molar-refractivity contribution in [3.63, 3.8) is 0 Å². The number of benzene rings is 2. The smallest absolute Gasteiger partial charge is 0.221 e. The quantitative estimate of drug-likeness (QED) is 0.686. The molecule has 2 aromatic carbocycles. The Kier molecular flexibility index (Phi) is 7.33. The molecule has 0 spiro atoms. The summed E-state index contributed by atoms with van der Waals surface area (Å²) in [6, 6.07) is 17.4. The summed E-state index contributed by atoms with van der Waals surface area (Å²) in [4.78, 5) is 15.1. The highest BCUT2D eigenvalue weighted by atomic mass is 32.2. The summed E-state index contributed by atoms with van der Waals surface area (Å²) < 4.78 is 0. The van der Waals surface area contributed by atoms with E-state index in [1.165, 1.54) is 21.6 Å². The zero-order chi connectivity index (χ0) is 19.1. The van der Waals surface area contributed by atoms with Crippen molar-refractivity contribution < 1.29 is 4.79 Å². The zero-order valence-corrected chi connectivity index (χ0v) is 16.8. The third-order valence-electron chi connectivity index (χ3n) is 5.12. The van der Waals surface area contributed by atoms with Gasteiger partial charge in [0.2, 0.25) is 5.91 Å². The Morgan fingerprint density at radius 3 is 2.63 bits per heavy atom. The van der Waals surface area contributed by atoms with Gasteiger partial charge in [0.15, 0.2) is 0 Å². The van der Waals surface area contributed by atoms with Gasteiger partial charge in [-0.15, -0.1) is 11.8 Å². The maximum atomic E-state index is 11.5. The topological polar surface area (TPSA) is 58.4 Å². The number of hydrogen-bond acceptors (Lipinski definition) is 4. The van der Waals surface area contributed by atoms with Crippen LogP contribution in [0.4, 0.5) is 0 Å². The molecule has 2 aromatic rings. The normalized spacial score (nSPS) is 17.7. The average Bonchev–Trinajstić information content (AvgIpc) is 2.69. The fourth-order valence-electron chi connectivity index (χ4n) is 3.62. The highest BCUT2D eigenvalue weighted by Crippen LogP contribution is 2.19. The van der Waals surface area contributed by atoms with Crippen LogP contribution in [0, 0.1) is 5.92 Å². The number of carbonyl (C=O) groups is 1. The number of thioether (sulfide) groups is 1. The van der Waals surface area contributed by atoms with Crippen molar-refractivity contribution in [3.8, 4) is 0 Å². The van der Waals surface area contributed by atoms with Gasteiger partial charge in [-0.05, 0) is 54.5 Å². The third kappa shape index (κ3) is 6.09. The molecule has 1 fully saturated rings. The summed E-state index contributed by atoms with van der Waals surface area (Å²) in [6.45, 7) is 4.42. The second-order valence-electron chi connectivity index (χ2n) is 7.25. The number of nitrogens with zero attached hydrogens (tertiary/aromatic N) is 1. The van der Waals surface area contributed by atoms with Crippen LogP contribution in [0.5, 0.6) is 0 Å². The maximum absolute atomic E-state index is 11.5. The van der Waals surface area contributed by atoms with Gasteiger partial charge < -0.3 is 11.1 Å². The lowest BCUT2D eigenvalue weighted by Crippen LogP contribution is -2.40. The summed E-state index contributed by atoms with van der Waals surface area (Å²) in [7, 11) is 0. The summed E-state index contributed by atoms with van der Waals surface area (Å²) in [5.74, 6) is -0.163. The van der Waals surface area contributed by atoms with Crippen molar-refractivity contribution in [2.24, 2.45) is 11.7 Å². The second kappa shape index (κ2) is 9.93. The largest absolute Gasteiger partial charge is 0.369 e. The van der Waals surface area contributed by atoms with E-state index in [0.29, 0.717) is 0 Å². The Hall–Kier alpha value is -1.82. The van der Waals surface area contributed by atoms with Crippen molar-refractivity contribution in [1.29, 1.82) is 0 Å². The Morgan fingerprint density at radius 2 is 1.89 bits per heavy atom. The summed E-state index contributed by atoms with van der Waals surface area (Å²) in [5.41, 5.74) is 9.38. The van der Waals surface area contributed by atoms with Crippen LogP contribution < -0.4 is 11.1 Å². The molecule has 1 saturated heterocycles. The molecule has 1 aliphatic rings. The molecule has 0 radical (unpaired) electrons. The van der Waals surface area contributed by atoms with Crippen molar-refractivity contribution in [2.45, 2.75) is 37.4 Å². The van der Waals surface area contributed by atoms with E-state index >= 15 is 0 Å². The van der Waals surface area contributed by atoms with Gasteiger partial charge in [-0.3, -0.25) is 9.69 Å². The van der Waals surface area contributed by atoms with E-state index in [9.17, 15) is 4.79 Å². The molecule has 0 saturated carbocycles. The predicted octanol–water partition coefficient (Wildman–Crippen LogP) is 3.40. The van der Waals surface area contributed by atoms with Crippen LogP contribution in [0.3, 0.4) is 0 Å². The average molecular weight is 384 g/mol. The fraction of sp³-hybridized carbons (Fsp3) is 0.409. The first-order valence-electron chi connectivity index (χ1n) is 9.57. The lowest BCUT2D eigenvalue weighted by molar-refractivity contribution is -0.123. The lowest BCUT2D eigenvalue weighted by atomic mass is 9.97. The molecule has 1 amide bonds. The second-order valence-corrected chi connectivity index (χ2v) is 8.13. The van der Waals surface area contributed by atoms with Gasteiger partial charge in [0.1, 0.15) is 0 Å². The molecule has 5 heteroatoms. The molecule has 0 aliphatic carbocycles. The summed E-state index contributed by atoms with van der Waals surface area (Å²) in [5, 5.41) is 3.53. The first kappa shape index (κ1) is 19.9. The number of likely N-dealkylation sites (tertiary alicyclic amines) is 1. The van der Waals surface area contributed by atoms with Crippen molar-refractivity contribution in [1.82, 2.24) is 10.2 Å². The van der Waals surface area contributed by atoms with Gasteiger partial charge in [-0.1, -0.05) is 36.4 Å². The van der Waals surface area contributed by atoms with Gasteiger partial charge in [0.25, 0.3) is 0 Å². The Balaban J connectivity index is 1.50. The molecule has 27 heavy (non-hydrogen) atoms. The van der Waals surface area contributed by atoms with Crippen molar-refractivity contribution in [2.75, 3.05) is 19.3 Å². The standard InChI is InChI=1S/C22H29N3OS/c1-27-21-9-7-17(8-10-21)13-24-14-18-4-2-5-19(12-18)15-25-11-3-6-20(16-25)22(23)26/h2,4-5,7-10,12,20,24H,3,6,11,13-16H2,1H3,(H2,23,26). The molecular weight excluding hydrogens is 354 g/mol. The molecule has 1 aliphatic heterocycles. The monoisotopic (exact) mass is 383 g/mol. The molecular formula is C22H29N3OS. The molecule has 4 nitrogen and oxygen atoms in total. The number of primary amides is 1. The van der Waals surface area contributed by atoms with Gasteiger partial charge in [-0.25, -0.2) is 0 Å². The third-order valence-corrected chi connectivity index (χ3v) is 5.87. The van der Waals surface area contributed by atoms with E-state index in [0.717, 1.165) is 45.6 Å². The van der Waals surface area contributed by atoms with Gasteiger partial charge in [0, 0.05) is 31.1 Å². The molecule has 1 unspecified atom stereocenters. The lowest BCUT2D eigenvalue weighted by Gasteiger charge is -2.31. The van der Waals surface area contributed by atoms with Crippen LogP contribution in [-0.2, 0) is 24.4 Å². The SMILES string of the molecule is CSc1ccc(CNCc2cccc(CN3CCCC(C(N)=O)C3)c2)cc1. The van der Waals surface area contributed by atoms with Crippen molar-refractivity contribution >= 4 is 17.7 Å². The molecule has 0 aromatic heterocycles. The Bertz CT molecular complexity index is 747. The fourth-order valence-corrected chi connectivity index (χ4v) is 4.03. The van der Waals surface area contributed by atoms with Crippen LogP contribution >= 0.6 is 11.8 Å². The number of hydrogen-bond donors (Lipinski definition) is 2. The molecule has 1 atom stereocenters. The van der Waals surface area contributed by atoms with E-state index < -0.39 is 0 Å². The highest BCUT2D eigenvalue weighted by molar-refractivity contribution is 7.98. The van der Waals surface area contributed by atoms with E-state index in [1.54, 1.807) is 11.8 Å². The van der Waals surface area contributed by atoms with E-state index in [2.05, 4.69) is 65.0 Å². The number of nitrogens with one attached hydrogen (secondary N) is 1. The van der Waals surface area contributed by atoms with Gasteiger partial charge in [-0.2, -0.15) is 0 Å². The summed E-state index contributed by atoms with van der Waals surface area (Å²) >= 11 is 1.77. The Morgan fingerprint density at radius 1 is 1.15 bits per heavy atom. The molecule has 0 bridgehead atoms. The van der Waals surface area contributed by atoms with Crippen LogP contribution in [0.2, 0.25) is 0 Å². The minimum atomic E-state index is -0.164. The van der Waals surface area contributed by atoms with Gasteiger partial charge in [0.05, 0.1) is 5.92 Å². The number of piperidine rings is 1. The first-order chi connectivity index (χ1) is 13.1. The number of nitrogens with two attached hydrogens (primary N) is 1. The highest BCUT2D eigenvalue weighted by Gasteiger charge is 2.23. The maximum Gasteiger partial charge on any atom is 0.221 e. The summed E-state index contributed by atoms with van der Waals surface area (Å²) in [6.07, 6.45) is 4.07. The van der Waals surface area contributed by atoms with Crippen LogP contribution in [-0.4, -0.2) is 30.2 Å². The van der Waals surface area contributed by atoms with Crippen LogP contribution in [0.15, 0.2) is 53.4 Å². The molecule has 1 heterocycles. The van der Waals surface area contributed by atoms with E-state index in [4.69, 9.17) is 5.73 Å². The van der Waals surface area contributed by atoms with Crippen molar-refractivity contribution in [3.05, 3.63) is 65.2 Å². The number of amides is 1. The number of rotatable bonds is 8. The van der Waals surface area contributed by atoms with Crippen LogP contribution in [0.25, 0.3) is 0 Å². The van der Waals surface area contributed by atoms with Gasteiger partial charge >= 0.3 is 0 Å². The minimum Gasteiger partial charge on any atom is -0.369 e. The molecule has 144 valence electrons. The van der Waals surface area contributed by atoms with E-state index in [1.807, 2.05) is 0 Å². The van der Waals surface area contributed by atoms with Crippen LogP contribution in [0.1, 0.15) is 29.5 Å². The number of carbonyl (C=O) groups excluding carboxylic acids is 1. The Labute approximate surface area is 166 Å². The molecule has 3 N–H and O–H groups in total. The first-order valence-corrected chi connectivity index (χ1v) is 10.8. The predicted molar refractivity (Wildman–Crippen MR) is 112 cm³/mol. The minimum absolute atomic E-state index is 0.00101. The zero-order valence-electron chi connectivity index (χ0n) is 16.0. The molecule has 3 rings (SSSR count). The van der Waals surface area contributed by atoms with E-state index in [-0.39, 0.29) is 11.8 Å².